The molecule has 142 valence electrons. The molecule has 0 unspecified atom stereocenters. The number of nitrogens with one attached hydrogen (secondary N) is 1. The molecule has 0 bridgehead atoms. The van der Waals surface area contributed by atoms with Crippen molar-refractivity contribution in [2.24, 2.45) is 0 Å². The maximum absolute atomic E-state index is 11.6. The lowest BCUT2D eigenvalue weighted by Gasteiger charge is -2.12. The number of aromatic nitrogens is 2. The first-order valence-electron chi connectivity index (χ1n) is 8.91. The van der Waals surface area contributed by atoms with Crippen LogP contribution < -0.4 is 9.47 Å². The number of hydrogen-bond donors (Lipinski definition) is 1. The minimum Gasteiger partial charge on any atom is -0.493 e. The van der Waals surface area contributed by atoms with Gasteiger partial charge in [-0.1, -0.05) is 13.3 Å². The number of hydrogen-bond acceptors (Lipinski definition) is 5. The molecule has 0 saturated carbocycles. The van der Waals surface area contributed by atoms with Gasteiger partial charge in [-0.2, -0.15) is 0 Å². The number of nitro groups is 1. The Morgan fingerprint density at radius 2 is 1.93 bits per heavy atom. The van der Waals surface area contributed by atoms with E-state index in [2.05, 4.69) is 9.97 Å². The highest BCUT2D eigenvalue weighted by Crippen LogP contribution is 2.41. The molecule has 3 rings (SSSR count). The standard InChI is InChI=1S/C20H23N3O4/c1-5-6-7-27-19-17(23(24)25)10-14(11-18(19)26-4)20-21-15-8-12(2)13(3)9-16(15)22-20/h8-11H,5-7H2,1-4H3,(H,21,22). The zero-order valence-corrected chi connectivity index (χ0v) is 16.0. The van der Waals surface area contributed by atoms with Gasteiger partial charge in [-0.05, 0) is 49.6 Å². The summed E-state index contributed by atoms with van der Waals surface area (Å²) in [6, 6.07) is 7.21. The van der Waals surface area contributed by atoms with Crippen LogP contribution in [0.3, 0.4) is 0 Å². The van der Waals surface area contributed by atoms with Gasteiger partial charge in [0.15, 0.2) is 5.75 Å². The van der Waals surface area contributed by atoms with E-state index in [9.17, 15) is 10.1 Å². The molecule has 1 heterocycles. The van der Waals surface area contributed by atoms with E-state index in [4.69, 9.17) is 9.47 Å². The largest absolute Gasteiger partial charge is 0.493 e. The quantitative estimate of drug-likeness (QED) is 0.362. The van der Waals surface area contributed by atoms with Crippen LogP contribution in [0.2, 0.25) is 0 Å². The minimum absolute atomic E-state index is 0.131. The molecule has 0 aliphatic rings. The highest BCUT2D eigenvalue weighted by Gasteiger charge is 2.24. The van der Waals surface area contributed by atoms with Crippen molar-refractivity contribution in [2.75, 3.05) is 13.7 Å². The second-order valence-corrected chi connectivity index (χ2v) is 6.52. The van der Waals surface area contributed by atoms with Crippen molar-refractivity contribution >= 4 is 16.7 Å². The first-order valence-corrected chi connectivity index (χ1v) is 8.91. The Morgan fingerprint density at radius 1 is 1.19 bits per heavy atom. The summed E-state index contributed by atoms with van der Waals surface area (Å²) in [5, 5.41) is 11.6. The number of rotatable bonds is 7. The number of ether oxygens (including phenoxy) is 2. The number of H-pyrrole nitrogens is 1. The van der Waals surface area contributed by atoms with E-state index in [1.165, 1.54) is 13.2 Å². The van der Waals surface area contributed by atoms with E-state index in [1.54, 1.807) is 6.07 Å². The lowest BCUT2D eigenvalue weighted by Crippen LogP contribution is -2.03. The molecular weight excluding hydrogens is 346 g/mol. The summed E-state index contributed by atoms with van der Waals surface area (Å²) in [7, 11) is 1.47. The Hall–Kier alpha value is -3.09. The summed E-state index contributed by atoms with van der Waals surface area (Å²) >= 11 is 0. The van der Waals surface area contributed by atoms with Crippen molar-refractivity contribution in [3.05, 3.63) is 45.5 Å². The number of imidazole rings is 1. The molecule has 7 nitrogen and oxygen atoms in total. The van der Waals surface area contributed by atoms with Gasteiger partial charge in [0.05, 0.1) is 29.7 Å². The van der Waals surface area contributed by atoms with Crippen molar-refractivity contribution in [3.63, 3.8) is 0 Å². The van der Waals surface area contributed by atoms with Gasteiger partial charge in [0.25, 0.3) is 0 Å². The molecule has 0 aliphatic carbocycles. The molecule has 1 aromatic heterocycles. The van der Waals surface area contributed by atoms with E-state index < -0.39 is 4.92 Å². The Labute approximate surface area is 157 Å². The fourth-order valence-electron chi connectivity index (χ4n) is 2.88. The third-order valence-corrected chi connectivity index (χ3v) is 4.57. The van der Waals surface area contributed by atoms with Crippen LogP contribution in [0.15, 0.2) is 24.3 Å². The molecule has 1 N–H and O–H groups in total. The first kappa shape index (κ1) is 18.7. The van der Waals surface area contributed by atoms with Crippen LogP contribution >= 0.6 is 0 Å². The van der Waals surface area contributed by atoms with Crippen LogP contribution in [-0.4, -0.2) is 28.6 Å². The summed E-state index contributed by atoms with van der Waals surface area (Å²) in [5.74, 6) is 1.03. The number of nitrogens with zero attached hydrogens (tertiary/aromatic N) is 2. The third kappa shape index (κ3) is 3.72. The fraction of sp³-hybridized carbons (Fsp3) is 0.350. The molecule has 0 saturated heterocycles. The van der Waals surface area contributed by atoms with Crippen LogP contribution in [0.5, 0.6) is 11.5 Å². The highest BCUT2D eigenvalue weighted by molar-refractivity contribution is 5.82. The predicted octanol–water partition coefficient (Wildman–Crippen LogP) is 4.94. The normalized spacial score (nSPS) is 11.0. The fourth-order valence-corrected chi connectivity index (χ4v) is 2.88. The molecular formula is C20H23N3O4. The van der Waals surface area contributed by atoms with Gasteiger partial charge in [-0.3, -0.25) is 10.1 Å². The number of aromatic amines is 1. The second-order valence-electron chi connectivity index (χ2n) is 6.52. The van der Waals surface area contributed by atoms with Crippen molar-refractivity contribution in [2.45, 2.75) is 33.6 Å². The number of nitro benzene ring substituents is 1. The molecule has 27 heavy (non-hydrogen) atoms. The Balaban J connectivity index is 2.10. The smallest absolute Gasteiger partial charge is 0.315 e. The first-order chi connectivity index (χ1) is 12.9. The molecule has 0 radical (unpaired) electrons. The Bertz CT molecular complexity index is 956. The van der Waals surface area contributed by atoms with E-state index in [0.717, 1.165) is 35.0 Å². The Morgan fingerprint density at radius 3 is 2.59 bits per heavy atom. The zero-order valence-electron chi connectivity index (χ0n) is 16.0. The van der Waals surface area contributed by atoms with Gasteiger partial charge in [0, 0.05) is 11.6 Å². The van der Waals surface area contributed by atoms with E-state index in [0.29, 0.717) is 23.7 Å². The topological polar surface area (TPSA) is 90.3 Å². The number of methoxy groups -OCH3 is 1. The van der Waals surface area contributed by atoms with Gasteiger partial charge in [0.2, 0.25) is 5.75 Å². The summed E-state index contributed by atoms with van der Waals surface area (Å²) in [4.78, 5) is 19.0. The summed E-state index contributed by atoms with van der Waals surface area (Å²) in [5.41, 5.74) is 4.45. The van der Waals surface area contributed by atoms with E-state index in [1.807, 2.05) is 32.9 Å². The van der Waals surface area contributed by atoms with Crippen LogP contribution in [-0.2, 0) is 0 Å². The van der Waals surface area contributed by atoms with Crippen LogP contribution in [0, 0.1) is 24.0 Å². The SMILES string of the molecule is CCCCOc1c(OC)cc(-c2nc3cc(C)c(C)cc3[nH]2)cc1[N+](=O)[O-]. The minimum atomic E-state index is -0.454. The third-order valence-electron chi connectivity index (χ3n) is 4.57. The zero-order chi connectivity index (χ0) is 19.6. The van der Waals surface area contributed by atoms with Gasteiger partial charge in [0.1, 0.15) is 5.82 Å². The average molecular weight is 369 g/mol. The molecule has 3 aromatic rings. The number of benzene rings is 2. The van der Waals surface area contributed by atoms with Crippen LogP contribution in [0.4, 0.5) is 5.69 Å². The molecule has 0 aliphatic heterocycles. The predicted molar refractivity (Wildman–Crippen MR) is 105 cm³/mol. The lowest BCUT2D eigenvalue weighted by atomic mass is 10.1. The number of unbranched alkanes of at least 4 members (excludes halogenated alkanes) is 1. The van der Waals surface area contributed by atoms with Gasteiger partial charge in [-0.15, -0.1) is 0 Å². The molecule has 0 atom stereocenters. The second kappa shape index (κ2) is 7.65. The maximum Gasteiger partial charge on any atom is 0.315 e. The molecule has 0 fully saturated rings. The number of aryl methyl sites for hydroxylation is 2. The van der Waals surface area contributed by atoms with Crippen molar-refractivity contribution in [1.29, 1.82) is 0 Å². The average Bonchev–Trinajstić information content (AvgIpc) is 3.04. The Kier molecular flexibility index (Phi) is 5.30. The van der Waals surface area contributed by atoms with Crippen molar-refractivity contribution in [1.82, 2.24) is 9.97 Å². The molecule has 0 amide bonds. The van der Waals surface area contributed by atoms with Gasteiger partial charge in [-0.25, -0.2) is 4.98 Å². The van der Waals surface area contributed by atoms with Crippen LogP contribution in [0.25, 0.3) is 22.4 Å². The maximum atomic E-state index is 11.6. The highest BCUT2D eigenvalue weighted by atomic mass is 16.6. The lowest BCUT2D eigenvalue weighted by molar-refractivity contribution is -0.385. The van der Waals surface area contributed by atoms with Gasteiger partial charge < -0.3 is 14.5 Å². The monoisotopic (exact) mass is 369 g/mol. The summed E-state index contributed by atoms with van der Waals surface area (Å²) < 4.78 is 11.0. The number of fused-ring (bicyclic) bond motifs is 1. The van der Waals surface area contributed by atoms with E-state index in [-0.39, 0.29) is 11.4 Å². The van der Waals surface area contributed by atoms with Crippen LogP contribution in [0.1, 0.15) is 30.9 Å². The van der Waals surface area contributed by atoms with E-state index >= 15 is 0 Å². The molecule has 0 spiro atoms. The summed E-state index contributed by atoms with van der Waals surface area (Å²) in [6.45, 7) is 6.49. The van der Waals surface area contributed by atoms with Crippen molar-refractivity contribution < 1.29 is 14.4 Å². The molecule has 2 aromatic carbocycles. The summed E-state index contributed by atoms with van der Waals surface area (Å²) in [6.07, 6.45) is 1.75. The molecule has 7 heteroatoms. The van der Waals surface area contributed by atoms with Gasteiger partial charge >= 0.3 is 5.69 Å². The van der Waals surface area contributed by atoms with Crippen molar-refractivity contribution in [3.8, 4) is 22.9 Å².